The van der Waals surface area contributed by atoms with E-state index in [4.69, 9.17) is 14.7 Å². The second-order valence-corrected chi connectivity index (χ2v) is 3.65. The molecule has 0 aromatic carbocycles. The fraction of sp³-hybridized carbons (Fsp3) is 0.545. The van der Waals surface area contributed by atoms with Gasteiger partial charge in [-0.3, -0.25) is 0 Å². The molecule has 1 unspecified atom stereocenters. The molecule has 0 amide bonds. The van der Waals surface area contributed by atoms with Crippen molar-refractivity contribution in [2.24, 2.45) is 0 Å². The average molecular weight is 219 g/mol. The second-order valence-electron chi connectivity index (χ2n) is 3.65. The topological polar surface area (TPSA) is 68.0 Å². The Bertz CT molecular complexity index is 366. The lowest BCUT2D eigenvalue weighted by atomic mass is 10.1. The van der Waals surface area contributed by atoms with Gasteiger partial charge in [-0.25, -0.2) is 9.97 Å². The van der Waals surface area contributed by atoms with E-state index in [2.05, 4.69) is 9.97 Å². The molecule has 0 aliphatic carbocycles. The summed E-state index contributed by atoms with van der Waals surface area (Å²) in [4.78, 5) is 7.84. The minimum absolute atomic E-state index is 0.159. The first-order valence-electron chi connectivity index (χ1n) is 5.35. The number of rotatable bonds is 3. The summed E-state index contributed by atoms with van der Waals surface area (Å²) < 4.78 is 11.0. The summed E-state index contributed by atoms with van der Waals surface area (Å²) in [6.45, 7) is 1.31. The van der Waals surface area contributed by atoms with Crippen molar-refractivity contribution in [3.63, 3.8) is 0 Å². The number of nitriles is 1. The van der Waals surface area contributed by atoms with Crippen molar-refractivity contribution in [1.29, 1.82) is 5.26 Å². The smallest absolute Gasteiger partial charge is 0.232 e. The molecule has 84 valence electrons. The molecule has 2 heterocycles. The van der Waals surface area contributed by atoms with Crippen molar-refractivity contribution >= 4 is 0 Å². The highest BCUT2D eigenvalue weighted by Crippen LogP contribution is 2.14. The molecule has 5 heteroatoms. The van der Waals surface area contributed by atoms with Gasteiger partial charge in [0.05, 0.1) is 18.5 Å². The largest absolute Gasteiger partial charge is 0.474 e. The van der Waals surface area contributed by atoms with Gasteiger partial charge >= 0.3 is 0 Å². The van der Waals surface area contributed by atoms with Crippen molar-refractivity contribution in [3.05, 3.63) is 18.1 Å². The Labute approximate surface area is 94.0 Å². The third kappa shape index (κ3) is 2.91. The highest BCUT2D eigenvalue weighted by Gasteiger charge is 2.14. The van der Waals surface area contributed by atoms with Crippen LogP contribution >= 0.6 is 0 Å². The predicted octanol–water partition coefficient (Wildman–Crippen LogP) is 1.30. The third-order valence-electron chi connectivity index (χ3n) is 2.43. The maximum Gasteiger partial charge on any atom is 0.232 e. The zero-order valence-electron chi connectivity index (χ0n) is 8.93. The lowest BCUT2D eigenvalue weighted by molar-refractivity contribution is -0.0120. The summed E-state index contributed by atoms with van der Waals surface area (Å²) in [5, 5.41) is 8.55. The molecular formula is C11H13N3O2. The summed E-state index contributed by atoms with van der Waals surface area (Å²) in [6, 6.07) is 1.91. The Morgan fingerprint density at radius 2 is 2.38 bits per heavy atom. The summed E-state index contributed by atoms with van der Waals surface area (Å²) in [5.41, 5.74) is 0.293. The van der Waals surface area contributed by atoms with Gasteiger partial charge in [-0.1, -0.05) is 0 Å². The van der Waals surface area contributed by atoms with Gasteiger partial charge in [-0.05, 0) is 19.3 Å². The van der Waals surface area contributed by atoms with Gasteiger partial charge in [0, 0.05) is 6.61 Å². The molecule has 5 nitrogen and oxygen atoms in total. The number of ether oxygens (including phenoxy) is 2. The first kappa shape index (κ1) is 10.8. The minimum atomic E-state index is 0.159. The Hall–Kier alpha value is -1.67. The van der Waals surface area contributed by atoms with Crippen LogP contribution in [0.5, 0.6) is 5.88 Å². The van der Waals surface area contributed by atoms with E-state index in [-0.39, 0.29) is 6.10 Å². The number of aromatic nitrogens is 2. The fourth-order valence-electron chi connectivity index (χ4n) is 1.57. The van der Waals surface area contributed by atoms with E-state index in [1.165, 1.54) is 18.8 Å². The van der Waals surface area contributed by atoms with Crippen LogP contribution in [0.4, 0.5) is 0 Å². The molecule has 0 radical (unpaired) electrons. The fourth-order valence-corrected chi connectivity index (χ4v) is 1.57. The quantitative estimate of drug-likeness (QED) is 0.766. The highest BCUT2D eigenvalue weighted by atomic mass is 16.5. The van der Waals surface area contributed by atoms with Crippen molar-refractivity contribution in [1.82, 2.24) is 9.97 Å². The molecule has 0 saturated carbocycles. The maximum absolute atomic E-state index is 8.55. The Kier molecular flexibility index (Phi) is 3.67. The monoisotopic (exact) mass is 219 g/mol. The Balaban J connectivity index is 1.82. The van der Waals surface area contributed by atoms with E-state index in [0.29, 0.717) is 18.2 Å². The van der Waals surface area contributed by atoms with E-state index >= 15 is 0 Å². The van der Waals surface area contributed by atoms with Crippen LogP contribution in [0, 0.1) is 11.3 Å². The minimum Gasteiger partial charge on any atom is -0.474 e. The van der Waals surface area contributed by atoms with Crippen molar-refractivity contribution in [3.8, 4) is 11.9 Å². The van der Waals surface area contributed by atoms with Crippen LogP contribution in [0.3, 0.4) is 0 Å². The first-order chi connectivity index (χ1) is 7.88. The molecule has 1 aliphatic rings. The zero-order valence-corrected chi connectivity index (χ0v) is 8.93. The average Bonchev–Trinajstić information content (AvgIpc) is 2.38. The highest BCUT2D eigenvalue weighted by molar-refractivity contribution is 5.18. The molecule has 1 atom stereocenters. The summed E-state index contributed by atoms with van der Waals surface area (Å²) in [5.74, 6) is 0.438. The molecule has 1 aromatic heterocycles. The molecule has 0 bridgehead atoms. The first-order valence-corrected chi connectivity index (χ1v) is 5.35. The summed E-state index contributed by atoms with van der Waals surface area (Å²) in [7, 11) is 0. The van der Waals surface area contributed by atoms with Gasteiger partial charge in [0.15, 0.2) is 5.69 Å². The Morgan fingerprint density at radius 3 is 3.00 bits per heavy atom. The van der Waals surface area contributed by atoms with Crippen LogP contribution in [-0.4, -0.2) is 29.3 Å². The summed E-state index contributed by atoms with van der Waals surface area (Å²) >= 11 is 0. The normalized spacial score (nSPS) is 20.1. The van der Waals surface area contributed by atoms with Crippen LogP contribution in [0.15, 0.2) is 12.4 Å². The van der Waals surface area contributed by atoms with Crippen molar-refractivity contribution in [2.45, 2.75) is 25.4 Å². The van der Waals surface area contributed by atoms with Gasteiger partial charge in [0.1, 0.15) is 12.7 Å². The predicted molar refractivity (Wildman–Crippen MR) is 55.8 cm³/mol. The second kappa shape index (κ2) is 5.42. The molecule has 0 spiro atoms. The number of hydrogen-bond acceptors (Lipinski definition) is 5. The van der Waals surface area contributed by atoms with Crippen molar-refractivity contribution in [2.75, 3.05) is 13.2 Å². The molecule has 1 aromatic rings. The number of hydrogen-bond donors (Lipinski definition) is 0. The van der Waals surface area contributed by atoms with E-state index in [1.54, 1.807) is 0 Å². The van der Waals surface area contributed by atoms with E-state index in [9.17, 15) is 0 Å². The van der Waals surface area contributed by atoms with Crippen LogP contribution < -0.4 is 4.74 Å². The van der Waals surface area contributed by atoms with Crippen LogP contribution in [0.25, 0.3) is 0 Å². The summed E-state index contributed by atoms with van der Waals surface area (Å²) in [6.07, 6.45) is 6.37. The van der Waals surface area contributed by atoms with E-state index in [0.717, 1.165) is 19.4 Å². The van der Waals surface area contributed by atoms with Crippen LogP contribution in [0.1, 0.15) is 25.0 Å². The van der Waals surface area contributed by atoms with Gasteiger partial charge in [0.2, 0.25) is 5.88 Å². The Morgan fingerprint density at radius 1 is 1.44 bits per heavy atom. The third-order valence-corrected chi connectivity index (χ3v) is 2.43. The van der Waals surface area contributed by atoms with Crippen molar-refractivity contribution < 1.29 is 9.47 Å². The van der Waals surface area contributed by atoms with Gasteiger partial charge < -0.3 is 9.47 Å². The molecule has 1 aliphatic heterocycles. The molecule has 2 rings (SSSR count). The zero-order chi connectivity index (χ0) is 11.2. The van der Waals surface area contributed by atoms with Crippen LogP contribution in [0.2, 0.25) is 0 Å². The van der Waals surface area contributed by atoms with Gasteiger partial charge in [0.25, 0.3) is 0 Å². The SMILES string of the molecule is N#Cc1cnc(OCC2CCCCO2)cn1. The molecule has 1 fully saturated rings. The van der Waals surface area contributed by atoms with E-state index in [1.807, 2.05) is 6.07 Å². The maximum atomic E-state index is 8.55. The molecule has 16 heavy (non-hydrogen) atoms. The molecular weight excluding hydrogens is 206 g/mol. The standard InChI is InChI=1S/C11H13N3O2/c12-5-9-6-14-11(7-13-9)16-8-10-3-1-2-4-15-10/h6-7,10H,1-4,8H2. The van der Waals surface area contributed by atoms with Gasteiger partial charge in [-0.15, -0.1) is 0 Å². The van der Waals surface area contributed by atoms with E-state index < -0.39 is 0 Å². The molecule has 0 N–H and O–H groups in total. The van der Waals surface area contributed by atoms with Crippen LogP contribution in [-0.2, 0) is 4.74 Å². The lowest BCUT2D eigenvalue weighted by Gasteiger charge is -2.22. The lowest BCUT2D eigenvalue weighted by Crippen LogP contribution is -2.26. The number of nitrogens with zero attached hydrogens (tertiary/aromatic N) is 3. The molecule has 1 saturated heterocycles. The van der Waals surface area contributed by atoms with Gasteiger partial charge in [-0.2, -0.15) is 5.26 Å².